The topological polar surface area (TPSA) is 25.8 Å². The van der Waals surface area contributed by atoms with Crippen LogP contribution in [-0.2, 0) is 25.7 Å². The number of aryl methyl sites for hydroxylation is 4. The van der Waals surface area contributed by atoms with Crippen LogP contribution in [0.5, 0.6) is 0 Å². The molecule has 0 unspecified atom stereocenters. The van der Waals surface area contributed by atoms with Gasteiger partial charge in [0.05, 0.1) is 30.4 Å². The van der Waals surface area contributed by atoms with Crippen molar-refractivity contribution in [1.82, 2.24) is 9.97 Å². The fourth-order valence-electron chi connectivity index (χ4n) is 3.06. The number of aromatic nitrogens is 2. The molecule has 4 aromatic rings. The average molecular weight is 322 g/mol. The van der Waals surface area contributed by atoms with E-state index < -0.39 is 0 Å². The van der Waals surface area contributed by atoms with Crippen LogP contribution in [0.25, 0.3) is 20.4 Å². The van der Waals surface area contributed by atoms with E-state index in [0.717, 1.165) is 36.7 Å². The molecule has 6 bridgehead atoms. The van der Waals surface area contributed by atoms with Crippen molar-refractivity contribution in [3.05, 3.63) is 57.5 Å². The normalized spacial score (nSPS) is 14.5. The van der Waals surface area contributed by atoms with Gasteiger partial charge in [-0.25, -0.2) is 9.97 Å². The fraction of sp³-hybridized carbons (Fsp3) is 0.222. The van der Waals surface area contributed by atoms with Gasteiger partial charge in [-0.05, 0) is 48.2 Å². The highest BCUT2D eigenvalue weighted by molar-refractivity contribution is 7.19. The molecule has 0 atom stereocenters. The number of rotatable bonds is 0. The largest absolute Gasteiger partial charge is 0.241 e. The lowest BCUT2D eigenvalue weighted by molar-refractivity contribution is 0.938. The Balaban J connectivity index is 1.67. The van der Waals surface area contributed by atoms with Gasteiger partial charge in [0.1, 0.15) is 0 Å². The van der Waals surface area contributed by atoms with E-state index in [9.17, 15) is 0 Å². The summed E-state index contributed by atoms with van der Waals surface area (Å²) < 4.78 is 2.64. The predicted octanol–water partition coefficient (Wildman–Crippen LogP) is 4.79. The van der Waals surface area contributed by atoms with E-state index >= 15 is 0 Å². The van der Waals surface area contributed by atoms with Crippen LogP contribution in [-0.4, -0.2) is 9.97 Å². The average Bonchev–Trinajstić information content (AvgIpc) is 3.11. The molecule has 0 spiro atoms. The number of benzene rings is 2. The maximum Gasteiger partial charge on any atom is 0.0942 e. The Kier molecular flexibility index (Phi) is 2.81. The monoisotopic (exact) mass is 322 g/mol. The molecule has 0 saturated heterocycles. The third-order valence-electron chi connectivity index (χ3n) is 4.25. The van der Waals surface area contributed by atoms with Crippen LogP contribution in [0.2, 0.25) is 0 Å². The SMILES string of the molecule is c1cc2nc3sc2cc1CCc1ccc2nc(sc2c1)CC3. The lowest BCUT2D eigenvalue weighted by Crippen LogP contribution is -1.91. The summed E-state index contributed by atoms with van der Waals surface area (Å²) in [5.74, 6) is 0. The van der Waals surface area contributed by atoms with Crippen molar-refractivity contribution in [1.29, 1.82) is 0 Å². The van der Waals surface area contributed by atoms with Gasteiger partial charge < -0.3 is 0 Å². The van der Waals surface area contributed by atoms with E-state index in [1.165, 1.54) is 30.5 Å². The molecule has 2 nitrogen and oxygen atoms in total. The van der Waals surface area contributed by atoms with E-state index in [2.05, 4.69) is 36.4 Å². The van der Waals surface area contributed by atoms with Gasteiger partial charge in [-0.15, -0.1) is 22.7 Å². The van der Waals surface area contributed by atoms with Gasteiger partial charge in [-0.2, -0.15) is 0 Å². The molecule has 0 aliphatic carbocycles. The zero-order valence-corrected chi connectivity index (χ0v) is 13.6. The summed E-state index contributed by atoms with van der Waals surface area (Å²) in [5.41, 5.74) is 5.10. The fourth-order valence-corrected chi connectivity index (χ4v) is 5.12. The maximum atomic E-state index is 4.77. The van der Waals surface area contributed by atoms with Gasteiger partial charge >= 0.3 is 0 Å². The van der Waals surface area contributed by atoms with Crippen molar-refractivity contribution in [2.75, 3.05) is 0 Å². The second-order valence-electron chi connectivity index (χ2n) is 5.82. The predicted molar refractivity (Wildman–Crippen MR) is 94.1 cm³/mol. The molecule has 0 amide bonds. The van der Waals surface area contributed by atoms with E-state index in [-0.39, 0.29) is 0 Å². The zero-order valence-electron chi connectivity index (χ0n) is 12.0. The van der Waals surface area contributed by atoms with Crippen LogP contribution in [0.1, 0.15) is 21.1 Å². The summed E-state index contributed by atoms with van der Waals surface area (Å²) in [6.07, 6.45) is 4.14. The second-order valence-corrected chi connectivity index (χ2v) is 8.05. The first kappa shape index (κ1) is 12.7. The van der Waals surface area contributed by atoms with Crippen molar-refractivity contribution < 1.29 is 0 Å². The minimum atomic E-state index is 0.987. The van der Waals surface area contributed by atoms with Crippen molar-refractivity contribution in [3.63, 3.8) is 0 Å². The lowest BCUT2D eigenvalue weighted by Gasteiger charge is -2.02. The lowest BCUT2D eigenvalue weighted by atomic mass is 10.0. The number of hydrogen-bond donors (Lipinski definition) is 0. The molecule has 22 heavy (non-hydrogen) atoms. The first-order valence-electron chi connectivity index (χ1n) is 7.60. The first-order chi connectivity index (χ1) is 10.8. The summed E-state index contributed by atoms with van der Waals surface area (Å²) >= 11 is 3.67. The van der Waals surface area contributed by atoms with Crippen LogP contribution in [0.4, 0.5) is 0 Å². The minimum Gasteiger partial charge on any atom is -0.241 e. The smallest absolute Gasteiger partial charge is 0.0942 e. The molecule has 3 heterocycles. The maximum absolute atomic E-state index is 4.77. The molecule has 1 aliphatic rings. The van der Waals surface area contributed by atoms with E-state index in [0.29, 0.717) is 0 Å². The number of nitrogens with zero attached hydrogens (tertiary/aromatic N) is 2. The van der Waals surface area contributed by atoms with Crippen LogP contribution in [0.15, 0.2) is 36.4 Å². The van der Waals surface area contributed by atoms with Gasteiger partial charge in [0.15, 0.2) is 0 Å². The summed E-state index contributed by atoms with van der Waals surface area (Å²) in [7, 11) is 0. The van der Waals surface area contributed by atoms with Crippen LogP contribution < -0.4 is 0 Å². The van der Waals surface area contributed by atoms with Gasteiger partial charge in [0.25, 0.3) is 0 Å². The molecule has 108 valence electrons. The van der Waals surface area contributed by atoms with Crippen molar-refractivity contribution in [3.8, 4) is 0 Å². The van der Waals surface area contributed by atoms with E-state index in [4.69, 9.17) is 9.97 Å². The number of thiazole rings is 2. The molecule has 0 radical (unpaired) electrons. The van der Waals surface area contributed by atoms with E-state index in [1.54, 1.807) is 0 Å². The highest BCUT2D eigenvalue weighted by Gasteiger charge is 2.10. The third kappa shape index (κ3) is 2.14. The van der Waals surface area contributed by atoms with E-state index in [1.807, 2.05) is 22.7 Å². The molecule has 0 fully saturated rings. The Morgan fingerprint density at radius 1 is 0.636 bits per heavy atom. The van der Waals surface area contributed by atoms with Gasteiger partial charge in [0.2, 0.25) is 0 Å². The highest BCUT2D eigenvalue weighted by atomic mass is 32.1. The minimum absolute atomic E-state index is 0.987. The molecule has 0 saturated carbocycles. The van der Waals surface area contributed by atoms with Crippen molar-refractivity contribution in [2.45, 2.75) is 25.7 Å². The van der Waals surface area contributed by atoms with Gasteiger partial charge in [-0.3, -0.25) is 0 Å². The summed E-state index contributed by atoms with van der Waals surface area (Å²) in [5, 5.41) is 2.45. The zero-order chi connectivity index (χ0) is 14.5. The molecule has 4 heteroatoms. The molecule has 2 aromatic carbocycles. The Hall–Kier alpha value is -1.78. The molecule has 2 aromatic heterocycles. The standard InChI is InChI=1S/C18H14N2S2/c1-2-12-4-6-14-16(10-12)22-18(20-14)8-7-17-19-13-5-3-11(1)9-15(13)21-17/h3-6,9-10H,1-2,7-8H2. The van der Waals surface area contributed by atoms with Crippen LogP contribution in [0, 0.1) is 0 Å². The Morgan fingerprint density at radius 3 is 1.64 bits per heavy atom. The summed E-state index contributed by atoms with van der Waals surface area (Å²) in [6, 6.07) is 13.5. The number of hydrogen-bond acceptors (Lipinski definition) is 4. The van der Waals surface area contributed by atoms with Crippen LogP contribution in [0.3, 0.4) is 0 Å². The Bertz CT molecular complexity index is 911. The summed E-state index contributed by atoms with van der Waals surface area (Å²) in [6.45, 7) is 0. The van der Waals surface area contributed by atoms with Crippen LogP contribution >= 0.6 is 22.7 Å². The quantitative estimate of drug-likeness (QED) is 0.465. The molecular weight excluding hydrogens is 308 g/mol. The summed E-state index contributed by atoms with van der Waals surface area (Å²) in [4.78, 5) is 9.54. The number of fused-ring (bicyclic) bond motifs is 4. The molecule has 0 N–H and O–H groups in total. The van der Waals surface area contributed by atoms with Gasteiger partial charge in [-0.1, -0.05) is 12.1 Å². The van der Waals surface area contributed by atoms with Crippen molar-refractivity contribution >= 4 is 43.1 Å². The highest BCUT2D eigenvalue weighted by Crippen LogP contribution is 2.28. The van der Waals surface area contributed by atoms with Crippen molar-refractivity contribution in [2.24, 2.45) is 0 Å². The molecule has 5 rings (SSSR count). The third-order valence-corrected chi connectivity index (χ3v) is 6.41. The van der Waals surface area contributed by atoms with Gasteiger partial charge in [0, 0.05) is 12.8 Å². The molecule has 1 aliphatic heterocycles. The second kappa shape index (κ2) is 4.86. The molecular formula is C18H14N2S2. The Labute approximate surface area is 136 Å². The Morgan fingerprint density at radius 2 is 1.14 bits per heavy atom. The first-order valence-corrected chi connectivity index (χ1v) is 9.23.